The fraction of sp³-hybridized carbons (Fsp3) is 0.278. The highest BCUT2D eigenvalue weighted by Gasteiger charge is 2.20. The molecule has 126 valence electrons. The number of carbonyl (C=O) groups excluding carboxylic acids is 1. The van der Waals surface area contributed by atoms with Crippen molar-refractivity contribution in [2.24, 2.45) is 0 Å². The van der Waals surface area contributed by atoms with Gasteiger partial charge in [-0.05, 0) is 38.3 Å². The van der Waals surface area contributed by atoms with Gasteiger partial charge in [-0.3, -0.25) is 14.9 Å². The van der Waals surface area contributed by atoms with Crippen molar-refractivity contribution >= 4 is 11.6 Å². The number of benzene rings is 2. The molecule has 0 aromatic heterocycles. The Hall–Kier alpha value is -2.76. The summed E-state index contributed by atoms with van der Waals surface area (Å²) < 4.78 is 13.8. The maximum absolute atomic E-state index is 13.8. The molecule has 0 aliphatic rings. The van der Waals surface area contributed by atoms with Gasteiger partial charge in [0.1, 0.15) is 5.82 Å². The number of aryl methyl sites for hydroxylation is 1. The van der Waals surface area contributed by atoms with Crippen molar-refractivity contribution in [3.05, 3.63) is 75.1 Å². The average Bonchev–Trinajstić information content (AvgIpc) is 2.56. The quantitative estimate of drug-likeness (QED) is 0.647. The fourth-order valence-corrected chi connectivity index (χ4v) is 2.39. The average molecular weight is 330 g/mol. The lowest BCUT2D eigenvalue weighted by molar-refractivity contribution is -0.385. The highest BCUT2D eigenvalue weighted by atomic mass is 19.1. The van der Waals surface area contributed by atoms with E-state index < -0.39 is 22.3 Å². The molecule has 1 atom stereocenters. The lowest BCUT2D eigenvalue weighted by Gasteiger charge is -2.14. The number of halogens is 1. The van der Waals surface area contributed by atoms with E-state index >= 15 is 0 Å². The molecule has 1 unspecified atom stereocenters. The first-order chi connectivity index (χ1) is 11.4. The molecule has 0 aliphatic heterocycles. The Morgan fingerprint density at radius 1 is 1.29 bits per heavy atom. The third-order valence-corrected chi connectivity index (χ3v) is 3.86. The largest absolute Gasteiger partial charge is 0.350 e. The third-order valence-electron chi connectivity index (χ3n) is 3.86. The van der Waals surface area contributed by atoms with Gasteiger partial charge >= 0.3 is 0 Å². The highest BCUT2D eigenvalue weighted by Crippen LogP contribution is 2.22. The van der Waals surface area contributed by atoms with Crippen LogP contribution in [0.3, 0.4) is 0 Å². The molecular formula is C18H19FN2O3. The summed E-state index contributed by atoms with van der Waals surface area (Å²) in [4.78, 5) is 22.5. The standard InChI is InChI=1S/C18H19FN2O3/c1-12(8-9-14-6-4-3-5-7-14)20-18(22)15-10-16(19)13(2)17(11-15)21(23)24/h3-7,10-12H,8-9H2,1-2H3,(H,20,22). The van der Waals surface area contributed by atoms with Crippen molar-refractivity contribution < 1.29 is 14.1 Å². The van der Waals surface area contributed by atoms with Crippen molar-refractivity contribution in [1.29, 1.82) is 0 Å². The minimum absolute atomic E-state index is 0.0450. The number of nitro groups is 1. The summed E-state index contributed by atoms with van der Waals surface area (Å²) in [6.45, 7) is 3.16. The molecule has 0 saturated heterocycles. The van der Waals surface area contributed by atoms with Crippen molar-refractivity contribution in [3.8, 4) is 0 Å². The van der Waals surface area contributed by atoms with Crippen LogP contribution in [-0.4, -0.2) is 16.9 Å². The highest BCUT2D eigenvalue weighted by molar-refractivity contribution is 5.95. The molecule has 2 rings (SSSR count). The number of nitrogens with one attached hydrogen (secondary N) is 1. The zero-order valence-electron chi connectivity index (χ0n) is 13.6. The summed E-state index contributed by atoms with van der Waals surface area (Å²) in [7, 11) is 0. The SMILES string of the molecule is Cc1c(F)cc(C(=O)NC(C)CCc2ccccc2)cc1[N+](=O)[O-]. The molecule has 0 radical (unpaired) electrons. The smallest absolute Gasteiger partial charge is 0.276 e. The topological polar surface area (TPSA) is 72.2 Å². The molecule has 1 amide bonds. The van der Waals surface area contributed by atoms with Crippen molar-refractivity contribution in [1.82, 2.24) is 5.32 Å². The predicted molar refractivity (Wildman–Crippen MR) is 89.5 cm³/mol. The molecular weight excluding hydrogens is 311 g/mol. The van der Waals surface area contributed by atoms with Crippen molar-refractivity contribution in [2.75, 3.05) is 0 Å². The zero-order valence-corrected chi connectivity index (χ0v) is 13.6. The van der Waals surface area contributed by atoms with Crippen LogP contribution in [0.15, 0.2) is 42.5 Å². The molecule has 2 aromatic rings. The number of rotatable bonds is 6. The molecule has 24 heavy (non-hydrogen) atoms. The van der Waals surface area contributed by atoms with Crippen LogP contribution in [0.25, 0.3) is 0 Å². The number of carbonyl (C=O) groups is 1. The van der Waals surface area contributed by atoms with E-state index in [2.05, 4.69) is 5.32 Å². The van der Waals surface area contributed by atoms with Gasteiger partial charge in [0.25, 0.3) is 11.6 Å². The molecule has 0 heterocycles. The first kappa shape index (κ1) is 17.6. The van der Waals surface area contributed by atoms with Gasteiger partial charge in [-0.25, -0.2) is 4.39 Å². The summed E-state index contributed by atoms with van der Waals surface area (Å²) >= 11 is 0. The van der Waals surface area contributed by atoms with Crippen molar-refractivity contribution in [3.63, 3.8) is 0 Å². The Kier molecular flexibility index (Phi) is 5.63. The third kappa shape index (κ3) is 4.38. The van der Waals surface area contributed by atoms with Gasteiger partial charge in [-0.2, -0.15) is 0 Å². The monoisotopic (exact) mass is 330 g/mol. The van der Waals surface area contributed by atoms with Crippen LogP contribution in [0.4, 0.5) is 10.1 Å². The van der Waals surface area contributed by atoms with Crippen LogP contribution in [-0.2, 0) is 6.42 Å². The molecule has 0 bridgehead atoms. The summed E-state index contributed by atoms with van der Waals surface area (Å²) in [6.07, 6.45) is 1.51. The maximum Gasteiger partial charge on any atom is 0.276 e. The second-order valence-corrected chi connectivity index (χ2v) is 5.76. The van der Waals surface area contributed by atoms with Gasteiger partial charge in [0, 0.05) is 17.7 Å². The number of amides is 1. The van der Waals surface area contributed by atoms with E-state index in [1.165, 1.54) is 6.92 Å². The lowest BCUT2D eigenvalue weighted by atomic mass is 10.1. The summed E-state index contributed by atoms with van der Waals surface area (Å²) in [5, 5.41) is 13.7. The van der Waals surface area contributed by atoms with Crippen LogP contribution in [0.2, 0.25) is 0 Å². The Bertz CT molecular complexity index is 747. The molecule has 2 aromatic carbocycles. The Morgan fingerprint density at radius 2 is 1.96 bits per heavy atom. The summed E-state index contributed by atoms with van der Waals surface area (Å²) in [5.41, 5.74) is 0.651. The van der Waals surface area contributed by atoms with Gasteiger partial charge in [0.05, 0.1) is 10.5 Å². The Balaban J connectivity index is 2.02. The van der Waals surface area contributed by atoms with E-state index in [1.807, 2.05) is 37.3 Å². The van der Waals surface area contributed by atoms with Gasteiger partial charge in [0.15, 0.2) is 0 Å². The second-order valence-electron chi connectivity index (χ2n) is 5.76. The van der Waals surface area contributed by atoms with Gasteiger partial charge in [0.2, 0.25) is 0 Å². The summed E-state index contributed by atoms with van der Waals surface area (Å²) in [5.74, 6) is -1.27. The van der Waals surface area contributed by atoms with Gasteiger partial charge in [-0.15, -0.1) is 0 Å². The molecule has 0 fully saturated rings. The zero-order chi connectivity index (χ0) is 17.7. The van der Waals surface area contributed by atoms with Crippen molar-refractivity contribution in [2.45, 2.75) is 32.7 Å². The number of nitro benzene ring substituents is 1. The molecule has 1 N–H and O–H groups in total. The van der Waals surface area contributed by atoms with E-state index in [0.29, 0.717) is 6.42 Å². The van der Waals surface area contributed by atoms with Crippen LogP contribution in [0.1, 0.15) is 34.8 Å². The minimum atomic E-state index is -0.758. The van der Waals surface area contributed by atoms with Gasteiger partial charge in [-0.1, -0.05) is 30.3 Å². The Labute approximate surface area is 139 Å². The molecule has 6 heteroatoms. The number of nitrogens with zero attached hydrogens (tertiary/aromatic N) is 1. The van der Waals surface area contributed by atoms with E-state index in [1.54, 1.807) is 0 Å². The van der Waals surface area contributed by atoms with Gasteiger partial charge < -0.3 is 5.32 Å². The van der Waals surface area contributed by atoms with E-state index in [9.17, 15) is 19.3 Å². The lowest BCUT2D eigenvalue weighted by Crippen LogP contribution is -2.33. The first-order valence-electron chi connectivity index (χ1n) is 7.68. The minimum Gasteiger partial charge on any atom is -0.350 e. The van der Waals surface area contributed by atoms with Crippen LogP contribution in [0, 0.1) is 22.9 Å². The maximum atomic E-state index is 13.8. The van der Waals surface area contributed by atoms with E-state index in [0.717, 1.165) is 24.1 Å². The van der Waals surface area contributed by atoms with Crippen LogP contribution in [0.5, 0.6) is 0 Å². The fourth-order valence-electron chi connectivity index (χ4n) is 2.39. The summed E-state index contributed by atoms with van der Waals surface area (Å²) in [6, 6.07) is 11.9. The van der Waals surface area contributed by atoms with Crippen LogP contribution >= 0.6 is 0 Å². The molecule has 0 saturated carbocycles. The van der Waals surface area contributed by atoms with Crippen LogP contribution < -0.4 is 5.32 Å². The van der Waals surface area contributed by atoms with E-state index in [4.69, 9.17) is 0 Å². The van der Waals surface area contributed by atoms with E-state index in [-0.39, 0.29) is 17.2 Å². The number of hydrogen-bond acceptors (Lipinski definition) is 3. The second kappa shape index (κ2) is 7.68. The number of hydrogen-bond donors (Lipinski definition) is 1. The molecule has 0 spiro atoms. The normalized spacial score (nSPS) is 11.8. The molecule has 5 nitrogen and oxygen atoms in total. The predicted octanol–water partition coefficient (Wildman–Crippen LogP) is 3.79. The molecule has 0 aliphatic carbocycles. The Morgan fingerprint density at radius 3 is 2.58 bits per heavy atom. The first-order valence-corrected chi connectivity index (χ1v) is 7.68.